The Hall–Kier alpha value is -1.99. The number of nitrogens with one attached hydrogen (secondary N) is 2. The van der Waals surface area contributed by atoms with Gasteiger partial charge in [-0.15, -0.1) is 0 Å². The van der Waals surface area contributed by atoms with Crippen LogP contribution >= 0.6 is 11.6 Å². The van der Waals surface area contributed by atoms with Crippen molar-refractivity contribution in [3.63, 3.8) is 0 Å². The van der Waals surface area contributed by atoms with E-state index in [1.54, 1.807) is 6.07 Å². The Bertz CT molecular complexity index is 586. The molecular weight excluding hydrogens is 298 g/mol. The zero-order valence-electron chi connectivity index (χ0n) is 12.4. The van der Waals surface area contributed by atoms with Gasteiger partial charge >= 0.3 is 0 Å². The predicted octanol–water partition coefficient (Wildman–Crippen LogP) is 3.29. The van der Waals surface area contributed by atoms with Crippen LogP contribution in [-0.2, 0) is 11.3 Å². The first kappa shape index (κ1) is 16.4. The molecule has 22 heavy (non-hydrogen) atoms. The third kappa shape index (κ3) is 5.09. The lowest BCUT2D eigenvalue weighted by Gasteiger charge is -2.22. The van der Waals surface area contributed by atoms with Crippen LogP contribution in [0, 0.1) is 11.3 Å². The van der Waals surface area contributed by atoms with E-state index in [2.05, 4.69) is 10.6 Å². The van der Waals surface area contributed by atoms with E-state index >= 15 is 0 Å². The maximum atomic E-state index is 12.1. The number of carbonyl (C=O) groups excluding carboxylic acids is 1. The molecule has 1 aromatic carbocycles. The Morgan fingerprint density at radius 3 is 2.82 bits per heavy atom. The third-order valence-corrected chi connectivity index (χ3v) is 3.98. The van der Waals surface area contributed by atoms with Crippen molar-refractivity contribution in [1.82, 2.24) is 10.6 Å². The molecule has 1 saturated carbocycles. The van der Waals surface area contributed by atoms with E-state index in [9.17, 15) is 4.79 Å². The van der Waals surface area contributed by atoms with Crippen molar-refractivity contribution in [2.24, 2.45) is 0 Å². The van der Waals surface area contributed by atoms with Gasteiger partial charge in [0.05, 0.1) is 0 Å². The Labute approximate surface area is 136 Å². The molecule has 1 aromatic rings. The van der Waals surface area contributed by atoms with Gasteiger partial charge in [-0.2, -0.15) is 5.26 Å². The zero-order chi connectivity index (χ0) is 15.8. The maximum Gasteiger partial charge on any atom is 0.263 e. The first-order valence-electron chi connectivity index (χ1n) is 7.58. The number of nitrogens with zero attached hydrogens (tertiary/aromatic N) is 1. The van der Waals surface area contributed by atoms with Crippen molar-refractivity contribution in [2.75, 3.05) is 0 Å². The highest BCUT2D eigenvalue weighted by Gasteiger charge is 2.17. The van der Waals surface area contributed by atoms with Crippen LogP contribution in [0.2, 0.25) is 5.02 Å². The van der Waals surface area contributed by atoms with Crippen LogP contribution in [0.5, 0.6) is 0 Å². The SMILES string of the molecule is N#C/C(=C/NCc1cccc(Cl)c1)C(=O)NC1CCCCC1. The summed E-state index contributed by atoms with van der Waals surface area (Å²) in [6.07, 6.45) is 6.99. The molecule has 0 spiro atoms. The fourth-order valence-corrected chi connectivity index (χ4v) is 2.79. The first-order valence-corrected chi connectivity index (χ1v) is 7.96. The van der Waals surface area contributed by atoms with Gasteiger partial charge in [-0.25, -0.2) is 0 Å². The molecule has 0 aliphatic heterocycles. The highest BCUT2D eigenvalue weighted by atomic mass is 35.5. The molecule has 2 rings (SSSR count). The minimum atomic E-state index is -0.298. The lowest BCUT2D eigenvalue weighted by Crippen LogP contribution is -2.37. The van der Waals surface area contributed by atoms with Crippen LogP contribution in [0.15, 0.2) is 36.0 Å². The third-order valence-electron chi connectivity index (χ3n) is 3.75. The summed E-state index contributed by atoms with van der Waals surface area (Å²) < 4.78 is 0. The Morgan fingerprint density at radius 2 is 2.14 bits per heavy atom. The van der Waals surface area contributed by atoms with Gasteiger partial charge < -0.3 is 10.6 Å². The average Bonchev–Trinajstić information content (AvgIpc) is 2.52. The molecule has 4 nitrogen and oxygen atoms in total. The second kappa shape index (κ2) is 8.45. The number of halogens is 1. The van der Waals surface area contributed by atoms with Gasteiger partial charge in [0.2, 0.25) is 0 Å². The lowest BCUT2D eigenvalue weighted by atomic mass is 9.95. The van der Waals surface area contributed by atoms with Crippen LogP contribution in [0.3, 0.4) is 0 Å². The predicted molar refractivity (Wildman–Crippen MR) is 87.0 cm³/mol. The Balaban J connectivity index is 1.87. The van der Waals surface area contributed by atoms with Crippen LogP contribution in [0.4, 0.5) is 0 Å². The number of benzene rings is 1. The van der Waals surface area contributed by atoms with Crippen molar-refractivity contribution in [2.45, 2.75) is 44.7 Å². The Kier molecular flexibility index (Phi) is 6.29. The van der Waals surface area contributed by atoms with Gasteiger partial charge in [0.1, 0.15) is 11.6 Å². The lowest BCUT2D eigenvalue weighted by molar-refractivity contribution is -0.118. The van der Waals surface area contributed by atoms with Crippen LogP contribution in [0.25, 0.3) is 0 Å². The van der Waals surface area contributed by atoms with Crippen molar-refractivity contribution in [3.05, 3.63) is 46.6 Å². The molecule has 0 bridgehead atoms. The minimum absolute atomic E-state index is 0.104. The molecule has 0 aromatic heterocycles. The van der Waals surface area contributed by atoms with Crippen LogP contribution in [-0.4, -0.2) is 11.9 Å². The first-order chi connectivity index (χ1) is 10.7. The number of amides is 1. The number of hydrogen-bond acceptors (Lipinski definition) is 3. The topological polar surface area (TPSA) is 64.9 Å². The largest absolute Gasteiger partial charge is 0.386 e. The molecular formula is C17H20ClN3O. The highest BCUT2D eigenvalue weighted by Crippen LogP contribution is 2.17. The minimum Gasteiger partial charge on any atom is -0.386 e. The molecule has 0 saturated heterocycles. The molecule has 0 radical (unpaired) electrons. The molecule has 116 valence electrons. The zero-order valence-corrected chi connectivity index (χ0v) is 13.2. The second-order valence-corrected chi connectivity index (χ2v) is 5.93. The summed E-state index contributed by atoms with van der Waals surface area (Å²) in [6.45, 7) is 0.516. The van der Waals surface area contributed by atoms with Gasteiger partial charge in [0, 0.05) is 23.8 Å². The van der Waals surface area contributed by atoms with E-state index in [0.717, 1.165) is 31.2 Å². The molecule has 2 N–H and O–H groups in total. The van der Waals surface area contributed by atoms with Gasteiger partial charge in [-0.3, -0.25) is 4.79 Å². The van der Waals surface area contributed by atoms with Gasteiger partial charge in [0.25, 0.3) is 5.91 Å². The Morgan fingerprint density at radius 1 is 1.36 bits per heavy atom. The molecule has 1 aliphatic rings. The van der Waals surface area contributed by atoms with Crippen molar-refractivity contribution < 1.29 is 4.79 Å². The maximum absolute atomic E-state index is 12.1. The molecule has 5 heteroatoms. The van der Waals surface area contributed by atoms with Crippen LogP contribution < -0.4 is 10.6 Å². The number of rotatable bonds is 5. The van der Waals surface area contributed by atoms with E-state index in [1.807, 2.05) is 24.3 Å². The number of hydrogen-bond donors (Lipinski definition) is 2. The summed E-state index contributed by atoms with van der Waals surface area (Å²) in [5.74, 6) is -0.298. The molecule has 0 atom stereocenters. The van der Waals surface area contributed by atoms with Gasteiger partial charge in [-0.05, 0) is 30.5 Å². The van der Waals surface area contributed by atoms with Crippen molar-refractivity contribution in [1.29, 1.82) is 5.26 Å². The number of nitriles is 1. The van der Waals surface area contributed by atoms with E-state index in [0.29, 0.717) is 11.6 Å². The molecule has 0 heterocycles. The summed E-state index contributed by atoms with van der Waals surface area (Å²) in [6, 6.07) is 9.59. The fourth-order valence-electron chi connectivity index (χ4n) is 2.58. The molecule has 0 unspecified atom stereocenters. The smallest absolute Gasteiger partial charge is 0.263 e. The molecule has 1 amide bonds. The number of carbonyl (C=O) groups is 1. The van der Waals surface area contributed by atoms with E-state index in [-0.39, 0.29) is 17.5 Å². The van der Waals surface area contributed by atoms with Gasteiger partial charge in [-0.1, -0.05) is 43.0 Å². The van der Waals surface area contributed by atoms with Gasteiger partial charge in [0.15, 0.2) is 0 Å². The van der Waals surface area contributed by atoms with E-state index < -0.39 is 0 Å². The van der Waals surface area contributed by atoms with E-state index in [1.165, 1.54) is 12.6 Å². The van der Waals surface area contributed by atoms with E-state index in [4.69, 9.17) is 16.9 Å². The summed E-state index contributed by atoms with van der Waals surface area (Å²) >= 11 is 5.91. The standard InChI is InChI=1S/C17H20ClN3O/c18-15-6-4-5-13(9-15)11-20-12-14(10-19)17(22)21-16-7-2-1-3-8-16/h4-6,9,12,16,20H,1-3,7-8,11H2,(H,21,22)/b14-12-. The summed E-state index contributed by atoms with van der Waals surface area (Å²) in [7, 11) is 0. The van der Waals surface area contributed by atoms with Crippen molar-refractivity contribution >= 4 is 17.5 Å². The second-order valence-electron chi connectivity index (χ2n) is 5.49. The summed E-state index contributed by atoms with van der Waals surface area (Å²) in [4.78, 5) is 12.1. The molecule has 1 aliphatic carbocycles. The van der Waals surface area contributed by atoms with Crippen molar-refractivity contribution in [3.8, 4) is 6.07 Å². The average molecular weight is 318 g/mol. The summed E-state index contributed by atoms with van der Waals surface area (Å²) in [5, 5.41) is 15.7. The normalized spacial score (nSPS) is 15.9. The quantitative estimate of drug-likeness (QED) is 0.647. The summed E-state index contributed by atoms with van der Waals surface area (Å²) in [5.41, 5.74) is 1.10. The molecule has 1 fully saturated rings. The fraction of sp³-hybridized carbons (Fsp3) is 0.412. The van der Waals surface area contributed by atoms with Crippen LogP contribution in [0.1, 0.15) is 37.7 Å². The monoisotopic (exact) mass is 317 g/mol. The highest BCUT2D eigenvalue weighted by molar-refractivity contribution is 6.30.